The Hall–Kier alpha value is -4.10. The zero-order valence-electron chi connectivity index (χ0n) is 21.0. The first kappa shape index (κ1) is 24.6. The molecule has 5 rings (SSSR count). The quantitative estimate of drug-likeness (QED) is 0.368. The largest absolute Gasteiger partial charge is 0.448 e. The molecule has 7 heteroatoms. The van der Waals surface area contributed by atoms with E-state index in [1.54, 1.807) is 9.47 Å². The van der Waals surface area contributed by atoms with E-state index >= 15 is 0 Å². The van der Waals surface area contributed by atoms with Gasteiger partial charge in [-0.2, -0.15) is 0 Å². The van der Waals surface area contributed by atoms with Crippen LogP contribution in [0.4, 0.5) is 4.79 Å². The van der Waals surface area contributed by atoms with Crippen LogP contribution in [0.5, 0.6) is 0 Å². The van der Waals surface area contributed by atoms with Crippen molar-refractivity contribution in [2.75, 3.05) is 19.7 Å². The number of nitrogens with zero attached hydrogens (tertiary/aromatic N) is 3. The predicted molar refractivity (Wildman–Crippen MR) is 146 cm³/mol. The molecule has 3 aromatic carbocycles. The van der Waals surface area contributed by atoms with Crippen LogP contribution in [0.15, 0.2) is 95.8 Å². The van der Waals surface area contributed by atoms with Crippen molar-refractivity contribution in [3.8, 4) is 0 Å². The second kappa shape index (κ2) is 11.3. The van der Waals surface area contributed by atoms with Crippen LogP contribution in [0.1, 0.15) is 24.5 Å². The van der Waals surface area contributed by atoms with Crippen LogP contribution in [-0.2, 0) is 17.8 Å². The fraction of sp³-hybridized carbons (Fsp3) is 0.267. The number of imidazole rings is 1. The lowest BCUT2D eigenvalue weighted by Crippen LogP contribution is -2.40. The Morgan fingerprint density at radius 3 is 2.19 bits per heavy atom. The highest BCUT2D eigenvalue weighted by molar-refractivity contribution is 5.79. The lowest BCUT2D eigenvalue weighted by Gasteiger charge is -2.31. The molecule has 0 saturated carbocycles. The van der Waals surface area contributed by atoms with E-state index in [-0.39, 0.29) is 17.8 Å². The standard InChI is InChI=1S/C30H32N4O3/c1-23(33(20-24-10-4-2-5-11-24)21-25-12-6-3-7-13-25)22-37-30(36)32-18-16-26(17-19-32)34-28-15-9-8-14-27(28)31-29(34)35/h2-16,23H,17-22H2,1H3,(H,31,35)/t23-/m0/s1. The maximum atomic E-state index is 12.9. The lowest BCUT2D eigenvalue weighted by atomic mass is 10.1. The van der Waals surface area contributed by atoms with Gasteiger partial charge < -0.3 is 14.6 Å². The Bertz CT molecular complexity index is 1380. The summed E-state index contributed by atoms with van der Waals surface area (Å²) in [5, 5.41) is 0. The normalized spacial score (nSPS) is 14.5. The van der Waals surface area contributed by atoms with Crippen LogP contribution in [0, 0.1) is 0 Å². The highest BCUT2D eigenvalue weighted by atomic mass is 16.6. The van der Waals surface area contributed by atoms with Gasteiger partial charge in [0.1, 0.15) is 6.61 Å². The Kier molecular flexibility index (Phi) is 7.51. The zero-order valence-corrected chi connectivity index (χ0v) is 21.0. The van der Waals surface area contributed by atoms with E-state index < -0.39 is 0 Å². The summed E-state index contributed by atoms with van der Waals surface area (Å²) in [6.07, 6.45) is 2.20. The van der Waals surface area contributed by atoms with Crippen molar-refractivity contribution in [3.05, 3.63) is 113 Å². The summed E-state index contributed by atoms with van der Waals surface area (Å²) in [5.41, 5.74) is 4.84. The van der Waals surface area contributed by atoms with Crippen LogP contribution >= 0.6 is 0 Å². The van der Waals surface area contributed by atoms with E-state index in [2.05, 4.69) is 41.1 Å². The first-order chi connectivity index (χ1) is 18.1. The molecule has 0 aliphatic carbocycles. The number of aromatic nitrogens is 2. The van der Waals surface area contributed by atoms with Gasteiger partial charge in [-0.15, -0.1) is 0 Å². The number of nitrogens with one attached hydrogen (secondary N) is 1. The van der Waals surface area contributed by atoms with Crippen molar-refractivity contribution in [1.82, 2.24) is 19.4 Å². The van der Waals surface area contributed by atoms with Gasteiger partial charge in [0.25, 0.3) is 0 Å². The molecule has 0 spiro atoms. The number of carbonyl (C=O) groups excluding carboxylic acids is 1. The van der Waals surface area contributed by atoms with Crippen molar-refractivity contribution in [2.24, 2.45) is 0 Å². The Balaban J connectivity index is 1.21. The molecule has 1 atom stereocenters. The second-order valence-electron chi connectivity index (χ2n) is 9.48. The molecule has 1 amide bonds. The Labute approximate surface area is 216 Å². The van der Waals surface area contributed by atoms with Gasteiger partial charge in [0.15, 0.2) is 0 Å². The minimum Gasteiger partial charge on any atom is -0.448 e. The molecular weight excluding hydrogens is 464 g/mol. The van der Waals surface area contributed by atoms with E-state index in [0.29, 0.717) is 26.1 Å². The number of H-pyrrole nitrogens is 1. The summed E-state index contributed by atoms with van der Waals surface area (Å²) in [5.74, 6) is 0. The number of aromatic amines is 1. The van der Waals surface area contributed by atoms with E-state index in [1.807, 2.05) is 66.7 Å². The monoisotopic (exact) mass is 496 g/mol. The molecule has 1 aliphatic heterocycles. The van der Waals surface area contributed by atoms with Gasteiger partial charge in [0.2, 0.25) is 0 Å². The number of carbonyl (C=O) groups is 1. The first-order valence-electron chi connectivity index (χ1n) is 12.7. The molecule has 7 nitrogen and oxygen atoms in total. The van der Waals surface area contributed by atoms with E-state index in [1.165, 1.54) is 11.1 Å². The van der Waals surface area contributed by atoms with Gasteiger partial charge in [-0.05, 0) is 36.3 Å². The minimum absolute atomic E-state index is 0.0325. The Morgan fingerprint density at radius 1 is 0.946 bits per heavy atom. The molecule has 190 valence electrons. The number of ether oxygens (including phenoxy) is 1. The number of para-hydroxylation sites is 2. The van der Waals surface area contributed by atoms with Crippen molar-refractivity contribution >= 4 is 22.8 Å². The SMILES string of the molecule is C[C@@H](COC(=O)N1CC=C(n2c(=O)[nH]c3ccccc32)CC1)N(Cc1ccccc1)Cc1ccccc1. The predicted octanol–water partition coefficient (Wildman–Crippen LogP) is 5.10. The van der Waals surface area contributed by atoms with E-state index in [4.69, 9.17) is 4.74 Å². The summed E-state index contributed by atoms with van der Waals surface area (Å²) < 4.78 is 7.46. The number of hydrogen-bond acceptors (Lipinski definition) is 4. The zero-order chi connectivity index (χ0) is 25.6. The number of rotatable bonds is 8. The topological polar surface area (TPSA) is 70.6 Å². The number of amides is 1. The molecule has 1 aliphatic rings. The molecule has 1 aromatic heterocycles. The molecule has 0 unspecified atom stereocenters. The first-order valence-corrected chi connectivity index (χ1v) is 12.7. The van der Waals surface area contributed by atoms with Crippen molar-refractivity contribution < 1.29 is 9.53 Å². The van der Waals surface area contributed by atoms with Crippen LogP contribution in [0.25, 0.3) is 16.7 Å². The van der Waals surface area contributed by atoms with Gasteiger partial charge in [-0.1, -0.05) is 72.8 Å². The summed E-state index contributed by atoms with van der Waals surface area (Å²) in [6.45, 7) is 4.84. The van der Waals surface area contributed by atoms with Crippen molar-refractivity contribution in [1.29, 1.82) is 0 Å². The van der Waals surface area contributed by atoms with Gasteiger partial charge in [0.05, 0.1) is 11.0 Å². The lowest BCUT2D eigenvalue weighted by molar-refractivity contribution is 0.0661. The third kappa shape index (κ3) is 5.84. The molecule has 0 saturated heterocycles. The van der Waals surface area contributed by atoms with Gasteiger partial charge >= 0.3 is 11.8 Å². The average Bonchev–Trinajstić information content (AvgIpc) is 3.28. The molecule has 0 radical (unpaired) electrons. The molecule has 37 heavy (non-hydrogen) atoms. The van der Waals surface area contributed by atoms with Crippen LogP contribution < -0.4 is 5.69 Å². The van der Waals surface area contributed by atoms with Crippen LogP contribution in [0.2, 0.25) is 0 Å². The molecule has 4 aromatic rings. The summed E-state index contributed by atoms with van der Waals surface area (Å²) >= 11 is 0. The maximum absolute atomic E-state index is 12.9. The fourth-order valence-electron chi connectivity index (χ4n) is 4.76. The Morgan fingerprint density at radius 2 is 1.57 bits per heavy atom. The third-order valence-corrected chi connectivity index (χ3v) is 6.85. The minimum atomic E-state index is -0.326. The van der Waals surface area contributed by atoms with Crippen LogP contribution in [0.3, 0.4) is 0 Å². The number of fused-ring (bicyclic) bond motifs is 1. The van der Waals surface area contributed by atoms with Gasteiger partial charge in [-0.25, -0.2) is 9.59 Å². The molecule has 2 heterocycles. The number of hydrogen-bond donors (Lipinski definition) is 1. The smallest absolute Gasteiger partial charge is 0.410 e. The molecule has 0 bridgehead atoms. The van der Waals surface area contributed by atoms with E-state index in [0.717, 1.165) is 29.8 Å². The van der Waals surface area contributed by atoms with Crippen molar-refractivity contribution in [3.63, 3.8) is 0 Å². The molecule has 1 N–H and O–H groups in total. The highest BCUT2D eigenvalue weighted by Gasteiger charge is 2.23. The van der Waals surface area contributed by atoms with E-state index in [9.17, 15) is 9.59 Å². The third-order valence-electron chi connectivity index (χ3n) is 6.85. The highest BCUT2D eigenvalue weighted by Crippen LogP contribution is 2.21. The van der Waals surface area contributed by atoms with Crippen LogP contribution in [-0.4, -0.2) is 51.2 Å². The second-order valence-corrected chi connectivity index (χ2v) is 9.48. The number of benzene rings is 3. The molecular formula is C30H32N4O3. The van der Waals surface area contributed by atoms with Crippen molar-refractivity contribution in [2.45, 2.75) is 32.5 Å². The average molecular weight is 497 g/mol. The maximum Gasteiger partial charge on any atom is 0.410 e. The van der Waals surface area contributed by atoms with Gasteiger partial charge in [0, 0.05) is 44.3 Å². The summed E-state index contributed by atoms with van der Waals surface area (Å²) in [6, 6.07) is 28.3. The fourth-order valence-corrected chi connectivity index (χ4v) is 4.76. The van der Waals surface area contributed by atoms with Gasteiger partial charge in [-0.3, -0.25) is 9.47 Å². The summed E-state index contributed by atoms with van der Waals surface area (Å²) in [4.78, 5) is 32.3. The summed E-state index contributed by atoms with van der Waals surface area (Å²) in [7, 11) is 0. The molecule has 0 fully saturated rings.